The van der Waals surface area contributed by atoms with Crippen LogP contribution in [0.1, 0.15) is 66.2 Å². The third kappa shape index (κ3) is 36.7. The van der Waals surface area contributed by atoms with Crippen molar-refractivity contribution in [2.75, 3.05) is 79.0 Å². The minimum atomic E-state index is -5.15. The van der Waals surface area contributed by atoms with Crippen molar-refractivity contribution in [1.82, 2.24) is 10.2 Å². The first-order valence-electron chi connectivity index (χ1n) is 22.2. The summed E-state index contributed by atoms with van der Waals surface area (Å²) in [6.45, 7) is 15.2. The van der Waals surface area contributed by atoms with Gasteiger partial charge in [0.2, 0.25) is 5.91 Å². The fraction of sp³-hybridized carbons (Fsp3) is 0.696. The molecule has 29 heteroatoms. The average Bonchev–Trinajstić information content (AvgIpc) is 3.23. The van der Waals surface area contributed by atoms with Crippen molar-refractivity contribution in [2.45, 2.75) is 115 Å². The third-order valence-electron chi connectivity index (χ3n) is 8.90. The van der Waals surface area contributed by atoms with Crippen LogP contribution in [0.4, 0.5) is 74.6 Å². The van der Waals surface area contributed by atoms with Crippen molar-refractivity contribution in [3.8, 4) is 0 Å². The highest BCUT2D eigenvalue weighted by Crippen LogP contribution is 2.37. The Morgan fingerprint density at radius 2 is 0.787 bits per heavy atom. The zero-order chi connectivity index (χ0) is 59.1. The quantitative estimate of drug-likeness (QED) is 0.0357. The number of allylic oxidation sites excluding steroid dienone is 6. The summed E-state index contributed by atoms with van der Waals surface area (Å²) in [5, 5.41) is 2.51. The third-order valence-corrected chi connectivity index (χ3v) is 8.90. The molecule has 0 spiro atoms. The number of nitrogens with one attached hydrogen (secondary N) is 1. The van der Waals surface area contributed by atoms with Crippen molar-refractivity contribution >= 4 is 11.9 Å². The molecule has 0 aromatic rings. The van der Waals surface area contributed by atoms with Gasteiger partial charge >= 0.3 is 54.9 Å². The van der Waals surface area contributed by atoms with Crippen LogP contribution in [0.25, 0.3) is 0 Å². The first kappa shape index (κ1) is 75.3. The molecule has 0 saturated heterocycles. The summed E-state index contributed by atoms with van der Waals surface area (Å²) in [5.41, 5.74) is -1.43. The number of carbonyl (C=O) groups is 2. The molecule has 0 aliphatic carbocycles. The van der Waals surface area contributed by atoms with Gasteiger partial charge in [0.25, 0.3) is 0 Å². The van der Waals surface area contributed by atoms with Crippen LogP contribution < -0.4 is 5.32 Å². The number of rotatable bonds is 42. The largest absolute Gasteiger partial charge is 0.453 e. The molecule has 0 aromatic carbocycles. The highest BCUT2D eigenvalue weighted by Gasteiger charge is 2.51. The van der Waals surface area contributed by atoms with E-state index in [9.17, 15) is 84.2 Å². The first-order valence-corrected chi connectivity index (χ1v) is 22.2. The number of carbonyl (C=O) groups excluding carboxylic acids is 2. The molecular weight excluding hydrogens is 1060 g/mol. The average molecular weight is 1130 g/mol. The SMILES string of the molecule is C=CCC(CC=C)(CC=C)CN(CC(F)(F)OC(F)(F)COCC)C(=O)COCC(F)(F)OC(C)(F)F.C=CCC(CC=C)(CC=C)CNCC(F)(F)OC(F)(F)COCC.CCOCC(F)(F)OC(F)(F)C(=O)F. The van der Waals surface area contributed by atoms with Crippen LogP contribution in [0.2, 0.25) is 0 Å². The molecule has 0 fully saturated rings. The van der Waals surface area contributed by atoms with Gasteiger partial charge in [-0.15, -0.1) is 39.5 Å². The van der Waals surface area contributed by atoms with Gasteiger partial charge < -0.3 is 29.2 Å². The topological polar surface area (TPSA) is 123 Å². The molecule has 440 valence electrons. The van der Waals surface area contributed by atoms with Crippen LogP contribution in [0.3, 0.4) is 0 Å². The lowest BCUT2D eigenvalue weighted by molar-refractivity contribution is -0.386. The number of alkyl halides is 16. The molecule has 0 rings (SSSR count). The fourth-order valence-corrected chi connectivity index (χ4v) is 6.20. The van der Waals surface area contributed by atoms with Crippen LogP contribution in [0, 0.1) is 10.8 Å². The van der Waals surface area contributed by atoms with Crippen molar-refractivity contribution in [3.05, 3.63) is 75.9 Å². The van der Waals surface area contributed by atoms with E-state index in [1.807, 2.05) is 0 Å². The molecule has 0 heterocycles. The molecule has 0 aromatic heterocycles. The zero-order valence-corrected chi connectivity index (χ0v) is 41.9. The van der Waals surface area contributed by atoms with E-state index >= 15 is 0 Å². The van der Waals surface area contributed by atoms with E-state index in [0.717, 1.165) is 0 Å². The summed E-state index contributed by atoms with van der Waals surface area (Å²) in [6, 6.07) is -3.28. The second-order valence-electron chi connectivity index (χ2n) is 16.0. The normalized spacial score (nSPS) is 13.1. The monoisotopic (exact) mass is 1130 g/mol. The Morgan fingerprint density at radius 1 is 0.453 bits per heavy atom. The lowest BCUT2D eigenvalue weighted by atomic mass is 9.77. The molecule has 0 radical (unpaired) electrons. The van der Waals surface area contributed by atoms with Gasteiger partial charge in [-0.2, -0.15) is 74.6 Å². The molecule has 12 nitrogen and oxygen atoms in total. The van der Waals surface area contributed by atoms with Gasteiger partial charge in [-0.3, -0.25) is 23.8 Å². The lowest BCUT2D eigenvalue weighted by Gasteiger charge is -2.38. The summed E-state index contributed by atoms with van der Waals surface area (Å²) in [7, 11) is 0. The summed E-state index contributed by atoms with van der Waals surface area (Å²) in [5.74, 6) is -1.34. The smallest absolute Gasteiger partial charge is 0.373 e. The number of nitrogens with zero attached hydrogens (tertiary/aromatic N) is 1. The molecule has 0 aliphatic rings. The van der Waals surface area contributed by atoms with Gasteiger partial charge in [-0.05, 0) is 70.1 Å². The van der Waals surface area contributed by atoms with Gasteiger partial charge in [0.05, 0.1) is 6.54 Å². The standard InChI is InChI=1S/C23H33F8NO5.C17H27F4NO2.C6H7F5O3/c1-6-10-20(11-7-2,12-8-3)14-32(15-21(26,27)37-23(30,31)16-34-9-4)18(33)13-35-17-22(28,29)36-19(5,24)25;1-5-9-15(10-6-2,11-7-3)12-22-13-16(18,19)24-17(20,21)14-23-8-4;1-2-13-3-5(8,9)14-6(10,11)4(7)12/h6-8H,1-3,9-17H2,4-5H3;5-7,22H,1-3,8-14H2,4H3;2-3H2,1H3. The van der Waals surface area contributed by atoms with E-state index in [4.69, 9.17) is 0 Å². The van der Waals surface area contributed by atoms with Crippen LogP contribution in [0.15, 0.2) is 75.9 Å². The van der Waals surface area contributed by atoms with E-state index in [1.165, 1.54) is 39.0 Å². The molecule has 0 aliphatic heterocycles. The minimum absolute atomic E-state index is 0.0179. The van der Waals surface area contributed by atoms with E-state index < -0.39 is 124 Å². The number of hydrogen-bond acceptors (Lipinski definition) is 11. The number of ether oxygens (including phenoxy) is 8. The Bertz CT molecular complexity index is 1650. The van der Waals surface area contributed by atoms with Gasteiger partial charge in [0.1, 0.15) is 39.6 Å². The predicted molar refractivity (Wildman–Crippen MR) is 239 cm³/mol. The van der Waals surface area contributed by atoms with Crippen LogP contribution in [-0.2, 0) is 47.5 Å². The van der Waals surface area contributed by atoms with Crippen molar-refractivity contribution in [2.24, 2.45) is 10.8 Å². The van der Waals surface area contributed by atoms with Crippen molar-refractivity contribution < 1.29 is 122 Å². The van der Waals surface area contributed by atoms with Crippen LogP contribution in [0.5, 0.6) is 0 Å². The Hall–Kier alpha value is -3.97. The summed E-state index contributed by atoms with van der Waals surface area (Å²) >= 11 is 0. The number of amides is 1. The minimum Gasteiger partial charge on any atom is -0.373 e. The number of hydrogen-bond donors (Lipinski definition) is 1. The van der Waals surface area contributed by atoms with E-state index in [1.54, 1.807) is 18.2 Å². The molecule has 1 N–H and O–H groups in total. The Kier molecular flexibility index (Phi) is 34.8. The molecule has 75 heavy (non-hydrogen) atoms. The van der Waals surface area contributed by atoms with Crippen molar-refractivity contribution in [3.63, 3.8) is 0 Å². The van der Waals surface area contributed by atoms with Gasteiger partial charge in [-0.25, -0.2) is 4.74 Å². The lowest BCUT2D eigenvalue weighted by Crippen LogP contribution is -2.51. The molecular formula is C46H67F17N2O10. The number of halogens is 17. The van der Waals surface area contributed by atoms with Crippen LogP contribution in [-0.4, -0.2) is 145 Å². The maximum absolute atomic E-state index is 14.5. The molecule has 0 bridgehead atoms. The summed E-state index contributed by atoms with van der Waals surface area (Å²) < 4.78 is 253. The second kappa shape index (κ2) is 34.7. The predicted octanol–water partition coefficient (Wildman–Crippen LogP) is 12.3. The molecule has 0 atom stereocenters. The summed E-state index contributed by atoms with van der Waals surface area (Å²) in [4.78, 5) is 22.6. The highest BCUT2D eigenvalue weighted by molar-refractivity contribution is 5.77. The first-order chi connectivity index (χ1) is 34.2. The van der Waals surface area contributed by atoms with Crippen LogP contribution >= 0.6 is 0 Å². The molecule has 0 unspecified atom stereocenters. The maximum atomic E-state index is 14.5. The van der Waals surface area contributed by atoms with Gasteiger partial charge in [0, 0.05) is 39.8 Å². The summed E-state index contributed by atoms with van der Waals surface area (Å²) in [6.07, 6.45) is -24.0. The fourth-order valence-electron chi connectivity index (χ4n) is 6.20. The molecule has 1 amide bonds. The maximum Gasteiger partial charge on any atom is 0.453 e. The van der Waals surface area contributed by atoms with Crippen molar-refractivity contribution in [1.29, 1.82) is 0 Å². The van der Waals surface area contributed by atoms with E-state index in [0.29, 0.717) is 24.2 Å². The van der Waals surface area contributed by atoms with E-state index in [2.05, 4.69) is 82.7 Å². The Balaban J connectivity index is -0.00000116. The van der Waals surface area contributed by atoms with Gasteiger partial charge in [-0.1, -0.05) is 36.5 Å². The molecule has 0 saturated carbocycles. The second-order valence-corrected chi connectivity index (χ2v) is 16.0. The Morgan fingerprint density at radius 3 is 1.13 bits per heavy atom. The zero-order valence-electron chi connectivity index (χ0n) is 41.9. The highest BCUT2D eigenvalue weighted by atomic mass is 19.3. The Labute approximate surface area is 424 Å². The van der Waals surface area contributed by atoms with E-state index in [-0.39, 0.29) is 52.6 Å². The van der Waals surface area contributed by atoms with Gasteiger partial charge in [0.15, 0.2) is 0 Å².